The second kappa shape index (κ2) is 10.4. The summed E-state index contributed by atoms with van der Waals surface area (Å²) in [5, 5.41) is 0. The lowest BCUT2D eigenvalue weighted by Gasteiger charge is -2.03. The van der Waals surface area contributed by atoms with Gasteiger partial charge < -0.3 is 4.74 Å². The van der Waals surface area contributed by atoms with E-state index in [1.807, 2.05) is 0 Å². The Balaban J connectivity index is 1.35. The molecule has 0 amide bonds. The minimum Gasteiger partial charge on any atom is -0.469 e. The highest BCUT2D eigenvalue weighted by Crippen LogP contribution is 2.54. The highest BCUT2D eigenvalue weighted by atomic mass is 16.5. The molecule has 2 fully saturated rings. The van der Waals surface area contributed by atoms with Crippen molar-refractivity contribution >= 4 is 5.97 Å². The normalized spacial score (nSPS) is 28.6. The number of rotatable bonds is 14. The summed E-state index contributed by atoms with van der Waals surface area (Å²) in [4.78, 5) is 11.0. The fourth-order valence-corrected chi connectivity index (χ4v) is 4.26. The zero-order valence-corrected chi connectivity index (χ0v) is 15.5. The van der Waals surface area contributed by atoms with E-state index in [4.69, 9.17) is 0 Å². The monoisotopic (exact) mass is 322 g/mol. The maximum Gasteiger partial charge on any atom is 0.305 e. The highest BCUT2D eigenvalue weighted by molar-refractivity contribution is 5.68. The SMILES string of the molecule is CCCCC[C@H]1C[C@@H]1C[C@H]1C[C@@H]1CCCCCCCC(=O)OC. The molecular weight excluding hydrogens is 284 g/mol. The molecular formula is C21H38O2. The second-order valence-corrected chi connectivity index (χ2v) is 8.13. The molecule has 0 aromatic heterocycles. The number of hydrogen-bond acceptors (Lipinski definition) is 2. The van der Waals surface area contributed by atoms with Crippen molar-refractivity contribution in [1.29, 1.82) is 0 Å². The van der Waals surface area contributed by atoms with Crippen molar-refractivity contribution < 1.29 is 9.53 Å². The lowest BCUT2D eigenvalue weighted by Crippen LogP contribution is -1.99. The minimum absolute atomic E-state index is 0.0566. The van der Waals surface area contributed by atoms with Gasteiger partial charge in [-0.05, 0) is 49.4 Å². The van der Waals surface area contributed by atoms with Crippen molar-refractivity contribution in [2.24, 2.45) is 23.7 Å². The van der Waals surface area contributed by atoms with E-state index in [1.54, 1.807) is 12.8 Å². The van der Waals surface area contributed by atoms with Crippen LogP contribution >= 0.6 is 0 Å². The Morgan fingerprint density at radius 2 is 1.39 bits per heavy atom. The Morgan fingerprint density at radius 3 is 2.00 bits per heavy atom. The molecule has 0 aromatic carbocycles. The molecule has 2 heteroatoms. The van der Waals surface area contributed by atoms with Gasteiger partial charge in [0.25, 0.3) is 0 Å². The number of methoxy groups -OCH3 is 1. The van der Waals surface area contributed by atoms with E-state index in [-0.39, 0.29) is 5.97 Å². The first-order valence-corrected chi connectivity index (χ1v) is 10.3. The molecule has 134 valence electrons. The van der Waals surface area contributed by atoms with Crippen molar-refractivity contribution in [3.8, 4) is 0 Å². The third-order valence-corrected chi connectivity index (χ3v) is 6.11. The Hall–Kier alpha value is -0.530. The maximum absolute atomic E-state index is 11.0. The standard InChI is InChI=1S/C21H38O2/c1-3-4-8-11-17-14-19(17)16-20-15-18(20)12-9-6-5-7-10-13-21(22)23-2/h17-20H,3-16H2,1-2H3/t17-,18-,19+,20+/m0/s1. The van der Waals surface area contributed by atoms with E-state index in [9.17, 15) is 4.79 Å². The van der Waals surface area contributed by atoms with Crippen molar-refractivity contribution in [2.45, 2.75) is 96.8 Å². The van der Waals surface area contributed by atoms with Gasteiger partial charge in [0.1, 0.15) is 0 Å². The van der Waals surface area contributed by atoms with Crippen LogP contribution in [0.3, 0.4) is 0 Å². The smallest absolute Gasteiger partial charge is 0.305 e. The molecule has 2 rings (SSSR count). The van der Waals surface area contributed by atoms with Crippen LogP contribution in [-0.4, -0.2) is 13.1 Å². The number of unbranched alkanes of at least 4 members (excludes halogenated alkanes) is 6. The van der Waals surface area contributed by atoms with E-state index in [1.165, 1.54) is 71.3 Å². The molecule has 0 aromatic rings. The molecule has 0 N–H and O–H groups in total. The van der Waals surface area contributed by atoms with Crippen molar-refractivity contribution in [3.05, 3.63) is 0 Å². The number of ether oxygens (including phenoxy) is 1. The van der Waals surface area contributed by atoms with E-state index in [0.717, 1.165) is 30.1 Å². The van der Waals surface area contributed by atoms with Crippen LogP contribution in [0.5, 0.6) is 0 Å². The van der Waals surface area contributed by atoms with Crippen LogP contribution in [0.15, 0.2) is 0 Å². The van der Waals surface area contributed by atoms with Crippen LogP contribution < -0.4 is 0 Å². The summed E-state index contributed by atoms with van der Waals surface area (Å²) in [6.07, 6.45) is 18.7. The Bertz CT molecular complexity index is 339. The fraction of sp³-hybridized carbons (Fsp3) is 0.952. The van der Waals surface area contributed by atoms with Gasteiger partial charge in [-0.15, -0.1) is 0 Å². The van der Waals surface area contributed by atoms with Gasteiger partial charge in [0.15, 0.2) is 0 Å². The van der Waals surface area contributed by atoms with Crippen molar-refractivity contribution in [1.82, 2.24) is 0 Å². The van der Waals surface area contributed by atoms with Crippen LogP contribution in [0.2, 0.25) is 0 Å². The minimum atomic E-state index is -0.0566. The van der Waals surface area contributed by atoms with Gasteiger partial charge in [0, 0.05) is 6.42 Å². The lowest BCUT2D eigenvalue weighted by molar-refractivity contribution is -0.140. The Morgan fingerprint density at radius 1 is 0.826 bits per heavy atom. The molecule has 2 nitrogen and oxygen atoms in total. The largest absolute Gasteiger partial charge is 0.469 e. The quantitative estimate of drug-likeness (QED) is 0.284. The summed E-state index contributed by atoms with van der Waals surface area (Å²) in [5.41, 5.74) is 0. The molecule has 2 aliphatic rings. The predicted molar refractivity (Wildman–Crippen MR) is 96.3 cm³/mol. The molecule has 2 saturated carbocycles. The summed E-state index contributed by atoms with van der Waals surface area (Å²) >= 11 is 0. The van der Waals surface area contributed by atoms with Gasteiger partial charge in [-0.25, -0.2) is 0 Å². The summed E-state index contributed by atoms with van der Waals surface area (Å²) in [6, 6.07) is 0. The molecule has 0 radical (unpaired) electrons. The maximum atomic E-state index is 11.0. The van der Waals surface area contributed by atoms with Gasteiger partial charge in [-0.3, -0.25) is 4.79 Å². The van der Waals surface area contributed by atoms with E-state index in [2.05, 4.69) is 11.7 Å². The summed E-state index contributed by atoms with van der Waals surface area (Å²) < 4.78 is 4.66. The zero-order chi connectivity index (χ0) is 16.5. The molecule has 0 saturated heterocycles. The average molecular weight is 323 g/mol. The number of carbonyl (C=O) groups excluding carboxylic acids is 1. The van der Waals surface area contributed by atoms with Gasteiger partial charge in [-0.1, -0.05) is 64.7 Å². The van der Waals surface area contributed by atoms with Crippen LogP contribution in [0, 0.1) is 23.7 Å². The zero-order valence-electron chi connectivity index (χ0n) is 15.5. The van der Waals surface area contributed by atoms with E-state index in [0.29, 0.717) is 6.42 Å². The predicted octanol–water partition coefficient (Wildman–Crippen LogP) is 6.13. The first kappa shape index (κ1) is 18.8. The number of carbonyl (C=O) groups is 1. The van der Waals surface area contributed by atoms with Crippen LogP contribution in [-0.2, 0) is 9.53 Å². The highest BCUT2D eigenvalue weighted by Gasteiger charge is 2.44. The number of esters is 1. The van der Waals surface area contributed by atoms with Crippen LogP contribution in [0.4, 0.5) is 0 Å². The van der Waals surface area contributed by atoms with Crippen LogP contribution in [0.1, 0.15) is 96.8 Å². The molecule has 23 heavy (non-hydrogen) atoms. The van der Waals surface area contributed by atoms with Gasteiger partial charge in [0.05, 0.1) is 7.11 Å². The summed E-state index contributed by atoms with van der Waals surface area (Å²) in [6.45, 7) is 2.30. The van der Waals surface area contributed by atoms with E-state index >= 15 is 0 Å². The Kier molecular flexibility index (Phi) is 8.47. The second-order valence-electron chi connectivity index (χ2n) is 8.13. The van der Waals surface area contributed by atoms with E-state index < -0.39 is 0 Å². The van der Waals surface area contributed by atoms with Crippen LogP contribution in [0.25, 0.3) is 0 Å². The molecule has 0 aliphatic heterocycles. The topological polar surface area (TPSA) is 26.3 Å². The Labute approximate surface area is 143 Å². The molecule has 0 heterocycles. The summed E-state index contributed by atoms with van der Waals surface area (Å²) in [5.74, 6) is 4.33. The van der Waals surface area contributed by atoms with Gasteiger partial charge >= 0.3 is 5.97 Å². The van der Waals surface area contributed by atoms with Crippen molar-refractivity contribution in [2.75, 3.05) is 7.11 Å². The third-order valence-electron chi connectivity index (χ3n) is 6.11. The molecule has 4 atom stereocenters. The lowest BCUT2D eigenvalue weighted by atomic mass is 10.0. The van der Waals surface area contributed by atoms with Crippen molar-refractivity contribution in [3.63, 3.8) is 0 Å². The fourth-order valence-electron chi connectivity index (χ4n) is 4.26. The number of hydrogen-bond donors (Lipinski definition) is 0. The average Bonchev–Trinajstić information content (AvgIpc) is 3.46. The molecule has 0 spiro atoms. The molecule has 2 aliphatic carbocycles. The van der Waals surface area contributed by atoms with Gasteiger partial charge in [-0.2, -0.15) is 0 Å². The molecule has 0 bridgehead atoms. The first-order chi connectivity index (χ1) is 11.2. The third kappa shape index (κ3) is 7.72. The first-order valence-electron chi connectivity index (χ1n) is 10.3. The van der Waals surface area contributed by atoms with Gasteiger partial charge in [0.2, 0.25) is 0 Å². The molecule has 0 unspecified atom stereocenters. The summed E-state index contributed by atoms with van der Waals surface area (Å²) in [7, 11) is 1.48.